The smallest absolute Gasteiger partial charge is 0.228 e. The second-order valence-electron chi connectivity index (χ2n) is 5.39. The molecule has 0 bridgehead atoms. The molecule has 0 aliphatic carbocycles. The zero-order valence-electron chi connectivity index (χ0n) is 11.1. The molecule has 0 aliphatic heterocycles. The zero-order chi connectivity index (χ0) is 13.2. The van der Waals surface area contributed by atoms with Gasteiger partial charge in [-0.05, 0) is 24.6 Å². The molecule has 0 N–H and O–H groups in total. The molecule has 0 heterocycles. The molecule has 1 rings (SSSR count). The summed E-state index contributed by atoms with van der Waals surface area (Å²) in [6.07, 6.45) is 0. The number of halogens is 1. The monoisotopic (exact) mass is 253 g/mol. The average Bonchev–Trinajstić information content (AvgIpc) is 2.26. The second-order valence-corrected chi connectivity index (χ2v) is 5.83. The summed E-state index contributed by atoms with van der Waals surface area (Å²) >= 11 is 5.85. The summed E-state index contributed by atoms with van der Waals surface area (Å²) in [6.45, 7) is 7.81. The molecule has 94 valence electrons. The van der Waals surface area contributed by atoms with E-state index in [4.69, 9.17) is 11.6 Å². The third-order valence-corrected chi connectivity index (χ3v) is 3.15. The van der Waals surface area contributed by atoms with Crippen LogP contribution in [0.1, 0.15) is 39.3 Å². The number of nitrogens with zero attached hydrogens (tertiary/aromatic N) is 1. The van der Waals surface area contributed by atoms with E-state index in [0.717, 1.165) is 5.56 Å². The maximum Gasteiger partial charge on any atom is 0.228 e. The van der Waals surface area contributed by atoms with E-state index in [1.165, 1.54) is 0 Å². The summed E-state index contributed by atoms with van der Waals surface area (Å²) in [7, 11) is 1.84. The van der Waals surface area contributed by atoms with E-state index in [9.17, 15) is 4.79 Å². The van der Waals surface area contributed by atoms with Crippen molar-refractivity contribution < 1.29 is 4.79 Å². The summed E-state index contributed by atoms with van der Waals surface area (Å²) in [4.78, 5) is 13.9. The molecular weight excluding hydrogens is 234 g/mol. The lowest BCUT2D eigenvalue weighted by Gasteiger charge is -2.31. The maximum absolute atomic E-state index is 12.1. The Bertz CT molecular complexity index is 392. The molecule has 0 aliphatic rings. The van der Waals surface area contributed by atoms with E-state index in [-0.39, 0.29) is 17.4 Å². The van der Waals surface area contributed by atoms with E-state index in [1.807, 2.05) is 59.0 Å². The first-order valence-electron chi connectivity index (χ1n) is 5.76. The first kappa shape index (κ1) is 14.0. The van der Waals surface area contributed by atoms with Gasteiger partial charge in [0, 0.05) is 17.5 Å². The predicted molar refractivity (Wildman–Crippen MR) is 72.1 cm³/mol. The molecule has 1 unspecified atom stereocenters. The number of hydrogen-bond donors (Lipinski definition) is 0. The van der Waals surface area contributed by atoms with Gasteiger partial charge in [-0.3, -0.25) is 4.79 Å². The summed E-state index contributed by atoms with van der Waals surface area (Å²) < 4.78 is 0. The molecule has 3 heteroatoms. The molecule has 0 aromatic heterocycles. The van der Waals surface area contributed by atoms with Crippen LogP contribution in [0.4, 0.5) is 0 Å². The van der Waals surface area contributed by atoms with Crippen LogP contribution in [0.3, 0.4) is 0 Å². The Hall–Kier alpha value is -1.02. The molecule has 1 amide bonds. The van der Waals surface area contributed by atoms with Gasteiger partial charge in [0.2, 0.25) is 5.91 Å². The van der Waals surface area contributed by atoms with Gasteiger partial charge in [-0.2, -0.15) is 0 Å². The Kier molecular flexibility index (Phi) is 4.21. The molecule has 0 spiro atoms. The van der Waals surface area contributed by atoms with Crippen molar-refractivity contribution in [2.75, 3.05) is 7.05 Å². The van der Waals surface area contributed by atoms with Crippen LogP contribution in [-0.4, -0.2) is 17.9 Å². The van der Waals surface area contributed by atoms with Gasteiger partial charge in [0.05, 0.1) is 6.04 Å². The van der Waals surface area contributed by atoms with Crippen LogP contribution in [0.15, 0.2) is 24.3 Å². The molecule has 1 atom stereocenters. The van der Waals surface area contributed by atoms with E-state index >= 15 is 0 Å². The van der Waals surface area contributed by atoms with E-state index in [2.05, 4.69) is 0 Å². The fourth-order valence-corrected chi connectivity index (χ4v) is 1.80. The zero-order valence-corrected chi connectivity index (χ0v) is 11.9. The van der Waals surface area contributed by atoms with Gasteiger partial charge in [-0.1, -0.05) is 44.5 Å². The number of carbonyl (C=O) groups excluding carboxylic acids is 1. The van der Waals surface area contributed by atoms with E-state index in [1.54, 1.807) is 4.90 Å². The average molecular weight is 254 g/mol. The molecule has 0 saturated carbocycles. The van der Waals surface area contributed by atoms with Crippen LogP contribution in [0.5, 0.6) is 0 Å². The van der Waals surface area contributed by atoms with Crippen molar-refractivity contribution >= 4 is 17.5 Å². The highest BCUT2D eigenvalue weighted by Gasteiger charge is 2.28. The van der Waals surface area contributed by atoms with Crippen molar-refractivity contribution in [1.29, 1.82) is 0 Å². The first-order chi connectivity index (χ1) is 7.73. The summed E-state index contributed by atoms with van der Waals surface area (Å²) in [6, 6.07) is 7.67. The minimum atomic E-state index is -0.352. The van der Waals surface area contributed by atoms with Crippen molar-refractivity contribution in [1.82, 2.24) is 4.90 Å². The number of amides is 1. The predicted octanol–water partition coefficient (Wildman–Crippen LogP) is 3.91. The van der Waals surface area contributed by atoms with Gasteiger partial charge in [0.15, 0.2) is 0 Å². The molecule has 0 fully saturated rings. The van der Waals surface area contributed by atoms with Crippen molar-refractivity contribution in [3.63, 3.8) is 0 Å². The Balaban J connectivity index is 2.87. The van der Waals surface area contributed by atoms with Crippen molar-refractivity contribution in [2.24, 2.45) is 5.41 Å². The molecule has 0 radical (unpaired) electrons. The molecular formula is C14H20ClNO. The van der Waals surface area contributed by atoms with Gasteiger partial charge in [-0.15, -0.1) is 0 Å². The minimum absolute atomic E-state index is 0.0546. The molecule has 17 heavy (non-hydrogen) atoms. The SMILES string of the molecule is CC(c1ccc(Cl)cc1)N(C)C(=O)C(C)(C)C. The standard InChI is InChI=1S/C14H20ClNO/c1-10(11-6-8-12(15)9-7-11)16(5)13(17)14(2,3)4/h6-10H,1-5H3. The Morgan fingerprint density at radius 1 is 1.24 bits per heavy atom. The fourth-order valence-electron chi connectivity index (χ4n) is 1.67. The number of carbonyl (C=O) groups is 1. The number of hydrogen-bond acceptors (Lipinski definition) is 1. The van der Waals surface area contributed by atoms with Crippen molar-refractivity contribution in [2.45, 2.75) is 33.7 Å². The largest absolute Gasteiger partial charge is 0.339 e. The molecule has 2 nitrogen and oxygen atoms in total. The van der Waals surface area contributed by atoms with Crippen LogP contribution >= 0.6 is 11.6 Å². The van der Waals surface area contributed by atoms with Crippen LogP contribution in [-0.2, 0) is 4.79 Å². The minimum Gasteiger partial charge on any atom is -0.339 e. The lowest BCUT2D eigenvalue weighted by molar-refractivity contribution is -0.140. The highest BCUT2D eigenvalue weighted by atomic mass is 35.5. The fraction of sp³-hybridized carbons (Fsp3) is 0.500. The van der Waals surface area contributed by atoms with Crippen molar-refractivity contribution in [3.8, 4) is 0 Å². The third-order valence-electron chi connectivity index (χ3n) is 2.90. The maximum atomic E-state index is 12.1. The first-order valence-corrected chi connectivity index (χ1v) is 6.14. The van der Waals surface area contributed by atoms with Crippen LogP contribution in [0.25, 0.3) is 0 Å². The third kappa shape index (κ3) is 3.47. The topological polar surface area (TPSA) is 20.3 Å². The molecule has 1 aromatic rings. The van der Waals surface area contributed by atoms with Gasteiger partial charge in [0.1, 0.15) is 0 Å². The van der Waals surface area contributed by atoms with Crippen LogP contribution in [0, 0.1) is 5.41 Å². The Labute approximate surface area is 109 Å². The van der Waals surface area contributed by atoms with Gasteiger partial charge < -0.3 is 4.90 Å². The second kappa shape index (κ2) is 5.09. The molecule has 1 aromatic carbocycles. The Morgan fingerprint density at radius 2 is 1.71 bits per heavy atom. The lowest BCUT2D eigenvalue weighted by atomic mass is 9.93. The summed E-state index contributed by atoms with van der Waals surface area (Å²) in [5.41, 5.74) is 0.740. The van der Waals surface area contributed by atoms with Crippen LogP contribution in [0.2, 0.25) is 5.02 Å². The number of benzene rings is 1. The van der Waals surface area contributed by atoms with Crippen molar-refractivity contribution in [3.05, 3.63) is 34.9 Å². The van der Waals surface area contributed by atoms with Gasteiger partial charge in [-0.25, -0.2) is 0 Å². The highest BCUT2D eigenvalue weighted by Crippen LogP contribution is 2.25. The van der Waals surface area contributed by atoms with Gasteiger partial charge >= 0.3 is 0 Å². The molecule has 0 saturated heterocycles. The van der Waals surface area contributed by atoms with Crippen LogP contribution < -0.4 is 0 Å². The van der Waals surface area contributed by atoms with Gasteiger partial charge in [0.25, 0.3) is 0 Å². The normalized spacial score (nSPS) is 13.3. The Morgan fingerprint density at radius 3 is 2.12 bits per heavy atom. The van der Waals surface area contributed by atoms with E-state index in [0.29, 0.717) is 5.02 Å². The highest BCUT2D eigenvalue weighted by molar-refractivity contribution is 6.30. The quantitative estimate of drug-likeness (QED) is 0.783. The summed E-state index contributed by atoms with van der Waals surface area (Å²) in [5, 5.41) is 0.714. The van der Waals surface area contributed by atoms with E-state index < -0.39 is 0 Å². The lowest BCUT2D eigenvalue weighted by Crippen LogP contribution is -2.38. The summed E-state index contributed by atoms with van der Waals surface area (Å²) in [5.74, 6) is 0.139. The number of rotatable bonds is 2.